The van der Waals surface area contributed by atoms with Gasteiger partial charge >= 0.3 is 0 Å². The van der Waals surface area contributed by atoms with E-state index in [1.165, 1.54) is 0 Å². The molecule has 0 radical (unpaired) electrons. The number of amidine groups is 1. The van der Waals surface area contributed by atoms with Crippen molar-refractivity contribution in [2.75, 3.05) is 13.1 Å². The van der Waals surface area contributed by atoms with Gasteiger partial charge in [-0.05, 0) is 47.7 Å². The molecule has 6 heteroatoms. The van der Waals surface area contributed by atoms with Crippen molar-refractivity contribution in [3.8, 4) is 0 Å². The number of halogens is 1. The fraction of sp³-hybridized carbons (Fsp3) is 0.385. The summed E-state index contributed by atoms with van der Waals surface area (Å²) in [6.07, 6.45) is 0. The van der Waals surface area contributed by atoms with Crippen LogP contribution in [0.4, 0.5) is 0 Å². The molecule has 3 N–H and O–H groups in total. The van der Waals surface area contributed by atoms with Crippen molar-refractivity contribution in [1.82, 2.24) is 4.90 Å². The fourth-order valence-electron chi connectivity index (χ4n) is 1.68. The summed E-state index contributed by atoms with van der Waals surface area (Å²) < 4.78 is 1.02. The van der Waals surface area contributed by atoms with Gasteiger partial charge in [0.15, 0.2) is 0 Å². The molecule has 1 aromatic rings. The molecule has 0 saturated carbocycles. The van der Waals surface area contributed by atoms with Crippen molar-refractivity contribution in [3.05, 3.63) is 33.4 Å². The lowest BCUT2D eigenvalue weighted by Crippen LogP contribution is -2.38. The van der Waals surface area contributed by atoms with E-state index in [0.29, 0.717) is 18.7 Å². The lowest BCUT2D eigenvalue weighted by atomic mass is 10.1. The van der Waals surface area contributed by atoms with E-state index >= 15 is 0 Å². The Kier molecular flexibility index (Phi) is 6.07. The number of hydrogen-bond donors (Lipinski definition) is 2. The summed E-state index contributed by atoms with van der Waals surface area (Å²) in [5.74, 6) is -0.0933. The second kappa shape index (κ2) is 7.32. The normalized spacial score (nSPS) is 13.1. The summed E-state index contributed by atoms with van der Waals surface area (Å²) in [5.41, 5.74) is 6.20. The lowest BCUT2D eigenvalue weighted by Gasteiger charge is -2.24. The van der Waals surface area contributed by atoms with Gasteiger partial charge in [0.2, 0.25) is 0 Å². The Labute approximate surface area is 126 Å². The Morgan fingerprint density at radius 2 is 2.26 bits per heavy atom. The number of hydrogen-bond acceptors (Lipinski definition) is 3. The summed E-state index contributed by atoms with van der Waals surface area (Å²) in [4.78, 5) is 14.0. The molecular formula is C13H18IN3O2. The molecule has 0 aliphatic carbocycles. The molecule has 0 spiro atoms. The average molecular weight is 375 g/mol. The first-order chi connectivity index (χ1) is 8.99. The highest BCUT2D eigenvalue weighted by atomic mass is 127. The van der Waals surface area contributed by atoms with Crippen LogP contribution in [0.5, 0.6) is 0 Å². The molecule has 0 aliphatic heterocycles. The summed E-state index contributed by atoms with van der Waals surface area (Å²) in [7, 11) is 0. The van der Waals surface area contributed by atoms with Gasteiger partial charge in [0.25, 0.3) is 5.91 Å². The van der Waals surface area contributed by atoms with E-state index in [0.717, 1.165) is 3.57 Å². The van der Waals surface area contributed by atoms with E-state index < -0.39 is 0 Å². The predicted molar refractivity (Wildman–Crippen MR) is 83.3 cm³/mol. The number of benzene rings is 1. The van der Waals surface area contributed by atoms with Crippen LogP contribution in [-0.4, -0.2) is 34.9 Å². The van der Waals surface area contributed by atoms with E-state index in [9.17, 15) is 4.79 Å². The minimum Gasteiger partial charge on any atom is -0.409 e. The van der Waals surface area contributed by atoms with E-state index in [1.54, 1.807) is 11.0 Å². The molecular weight excluding hydrogens is 357 g/mol. The number of nitrogens with zero attached hydrogens (tertiary/aromatic N) is 2. The zero-order chi connectivity index (χ0) is 14.4. The predicted octanol–water partition coefficient (Wildman–Crippen LogP) is 2.14. The lowest BCUT2D eigenvalue weighted by molar-refractivity contribution is 0.0753. The Morgan fingerprint density at radius 1 is 1.58 bits per heavy atom. The Morgan fingerprint density at radius 3 is 2.79 bits per heavy atom. The van der Waals surface area contributed by atoms with Gasteiger partial charge in [-0.1, -0.05) is 18.1 Å². The third kappa shape index (κ3) is 4.38. The molecule has 0 fully saturated rings. The van der Waals surface area contributed by atoms with Crippen molar-refractivity contribution in [2.45, 2.75) is 13.8 Å². The van der Waals surface area contributed by atoms with Crippen LogP contribution in [0.3, 0.4) is 0 Å². The van der Waals surface area contributed by atoms with Crippen molar-refractivity contribution in [3.63, 3.8) is 0 Å². The number of carbonyl (C=O) groups is 1. The second-order valence-corrected chi connectivity index (χ2v) is 5.53. The monoisotopic (exact) mass is 375 g/mol. The van der Waals surface area contributed by atoms with Crippen LogP contribution >= 0.6 is 22.6 Å². The van der Waals surface area contributed by atoms with Crippen LogP contribution in [0.25, 0.3) is 0 Å². The third-order valence-corrected chi connectivity index (χ3v) is 3.53. The summed E-state index contributed by atoms with van der Waals surface area (Å²) in [6, 6.07) is 7.43. The molecule has 1 aromatic carbocycles. The van der Waals surface area contributed by atoms with Crippen LogP contribution in [-0.2, 0) is 0 Å². The molecule has 1 atom stereocenters. The van der Waals surface area contributed by atoms with Gasteiger partial charge in [-0.15, -0.1) is 0 Å². The van der Waals surface area contributed by atoms with Gasteiger partial charge in [0, 0.05) is 28.1 Å². The van der Waals surface area contributed by atoms with Gasteiger partial charge in [0.1, 0.15) is 5.84 Å². The van der Waals surface area contributed by atoms with Gasteiger partial charge in [0.05, 0.1) is 0 Å². The third-order valence-electron chi connectivity index (χ3n) is 2.86. The first-order valence-corrected chi connectivity index (χ1v) is 7.09. The molecule has 1 unspecified atom stereocenters. The highest BCUT2D eigenvalue weighted by Crippen LogP contribution is 2.12. The Hall–Kier alpha value is -1.31. The van der Waals surface area contributed by atoms with E-state index in [1.807, 2.05) is 32.0 Å². The van der Waals surface area contributed by atoms with Crippen LogP contribution in [0.2, 0.25) is 0 Å². The number of carbonyl (C=O) groups excluding carboxylic acids is 1. The van der Waals surface area contributed by atoms with E-state index in [-0.39, 0.29) is 17.7 Å². The number of amides is 1. The molecule has 0 heterocycles. The molecule has 0 aliphatic rings. The maximum Gasteiger partial charge on any atom is 0.253 e. The van der Waals surface area contributed by atoms with Crippen molar-refractivity contribution >= 4 is 34.3 Å². The molecule has 0 saturated heterocycles. The number of rotatable bonds is 5. The molecule has 1 amide bonds. The molecule has 104 valence electrons. The second-order valence-electron chi connectivity index (χ2n) is 4.28. The molecule has 0 bridgehead atoms. The first kappa shape index (κ1) is 15.7. The Balaban J connectivity index is 2.83. The molecule has 19 heavy (non-hydrogen) atoms. The van der Waals surface area contributed by atoms with E-state index in [4.69, 9.17) is 10.9 Å². The standard InChI is InChI=1S/C13H18IN3O2/c1-3-17(8-9(2)12(15)16-19)13(18)10-5-4-6-11(14)7-10/h4-7,9,19H,3,8H2,1-2H3,(H2,15,16). The summed E-state index contributed by atoms with van der Waals surface area (Å²) in [5, 5.41) is 11.6. The van der Waals surface area contributed by atoms with Gasteiger partial charge in [-0.2, -0.15) is 0 Å². The van der Waals surface area contributed by atoms with Crippen LogP contribution in [0.15, 0.2) is 29.4 Å². The van der Waals surface area contributed by atoms with Crippen molar-refractivity contribution < 1.29 is 10.0 Å². The zero-order valence-electron chi connectivity index (χ0n) is 11.0. The maximum atomic E-state index is 12.4. The van der Waals surface area contributed by atoms with Gasteiger partial charge < -0.3 is 15.8 Å². The molecule has 1 rings (SSSR count). The number of oxime groups is 1. The molecule has 0 aromatic heterocycles. The van der Waals surface area contributed by atoms with Crippen LogP contribution in [0, 0.1) is 9.49 Å². The van der Waals surface area contributed by atoms with E-state index in [2.05, 4.69) is 27.7 Å². The van der Waals surface area contributed by atoms with Crippen LogP contribution < -0.4 is 5.73 Å². The summed E-state index contributed by atoms with van der Waals surface area (Å²) in [6.45, 7) is 4.73. The highest BCUT2D eigenvalue weighted by Gasteiger charge is 2.18. The maximum absolute atomic E-state index is 12.4. The zero-order valence-corrected chi connectivity index (χ0v) is 13.2. The van der Waals surface area contributed by atoms with Crippen molar-refractivity contribution in [1.29, 1.82) is 0 Å². The number of nitrogens with two attached hydrogens (primary N) is 1. The smallest absolute Gasteiger partial charge is 0.253 e. The van der Waals surface area contributed by atoms with Gasteiger partial charge in [-0.25, -0.2) is 0 Å². The topological polar surface area (TPSA) is 78.9 Å². The average Bonchev–Trinajstić information content (AvgIpc) is 2.42. The SMILES string of the molecule is CCN(CC(C)/C(N)=N/O)C(=O)c1cccc(I)c1. The van der Waals surface area contributed by atoms with Crippen molar-refractivity contribution in [2.24, 2.45) is 16.8 Å². The van der Waals surface area contributed by atoms with Gasteiger partial charge in [-0.3, -0.25) is 4.79 Å². The fourth-order valence-corrected chi connectivity index (χ4v) is 2.23. The largest absolute Gasteiger partial charge is 0.409 e. The Bertz CT molecular complexity index is 477. The van der Waals surface area contributed by atoms with Crippen LogP contribution in [0.1, 0.15) is 24.2 Å². The minimum atomic E-state index is -0.184. The first-order valence-electron chi connectivity index (χ1n) is 6.01. The quantitative estimate of drug-likeness (QED) is 0.272. The summed E-state index contributed by atoms with van der Waals surface area (Å²) >= 11 is 2.17. The molecule has 5 nitrogen and oxygen atoms in total. The highest BCUT2D eigenvalue weighted by molar-refractivity contribution is 14.1. The minimum absolute atomic E-state index is 0.0430.